The Balaban J connectivity index is 1.64. The number of nitrogens with zero attached hydrogens (tertiary/aromatic N) is 3. The Morgan fingerprint density at radius 2 is 1.79 bits per heavy atom. The van der Waals surface area contributed by atoms with Crippen molar-refractivity contribution >= 4 is 35.0 Å². The number of rotatable bonds is 10. The average Bonchev–Trinajstić information content (AvgIpc) is 3.13. The van der Waals surface area contributed by atoms with E-state index in [-0.39, 0.29) is 24.0 Å². The van der Waals surface area contributed by atoms with Gasteiger partial charge in [0.2, 0.25) is 11.8 Å². The molecule has 1 heterocycles. The predicted molar refractivity (Wildman–Crippen MR) is 134 cm³/mol. The zero-order valence-electron chi connectivity index (χ0n) is 19.2. The standard InChI is InChI=1S/C25H29N5O2S/c1-5-11-30-22(15-23(31)27-21-10-8-7-9-19(21)6-2)28-29-25(30)33-16-24(32)26-20-13-17(3)12-18(4)14-20/h5,7-10,12-14H,1,6,11,15-16H2,2-4H3,(H,26,32)(H,27,31). The number of anilines is 2. The van der Waals surface area contributed by atoms with Crippen LogP contribution in [-0.2, 0) is 29.0 Å². The first kappa shape index (κ1) is 24.3. The molecule has 0 fully saturated rings. The van der Waals surface area contributed by atoms with Crippen molar-refractivity contribution in [1.29, 1.82) is 0 Å². The van der Waals surface area contributed by atoms with Crippen LogP contribution in [-0.4, -0.2) is 32.3 Å². The zero-order chi connectivity index (χ0) is 23.8. The summed E-state index contributed by atoms with van der Waals surface area (Å²) >= 11 is 1.28. The number of hydrogen-bond acceptors (Lipinski definition) is 5. The molecule has 0 saturated heterocycles. The molecule has 0 aliphatic heterocycles. The van der Waals surface area contributed by atoms with Crippen LogP contribution in [0.2, 0.25) is 0 Å². The maximum Gasteiger partial charge on any atom is 0.234 e. The molecule has 2 aromatic carbocycles. The Bertz CT molecular complexity index is 1140. The average molecular weight is 464 g/mol. The SMILES string of the molecule is C=CCn1c(CC(=O)Nc2ccccc2CC)nnc1SCC(=O)Nc1cc(C)cc(C)c1. The van der Waals surface area contributed by atoms with Gasteiger partial charge in [-0.2, -0.15) is 0 Å². The van der Waals surface area contributed by atoms with Crippen LogP contribution in [0.1, 0.15) is 29.4 Å². The van der Waals surface area contributed by atoms with Gasteiger partial charge < -0.3 is 15.2 Å². The highest BCUT2D eigenvalue weighted by Crippen LogP contribution is 2.20. The molecule has 7 nitrogen and oxygen atoms in total. The summed E-state index contributed by atoms with van der Waals surface area (Å²) in [6.45, 7) is 10.3. The third kappa shape index (κ3) is 6.79. The number of aryl methyl sites for hydroxylation is 3. The van der Waals surface area contributed by atoms with Gasteiger partial charge in [-0.15, -0.1) is 16.8 Å². The number of aromatic nitrogens is 3. The van der Waals surface area contributed by atoms with Crippen LogP contribution in [0.25, 0.3) is 0 Å². The second-order valence-corrected chi connectivity index (χ2v) is 8.69. The predicted octanol–water partition coefficient (Wildman–Crippen LogP) is 4.56. The molecule has 0 aliphatic rings. The lowest BCUT2D eigenvalue weighted by atomic mass is 10.1. The summed E-state index contributed by atoms with van der Waals surface area (Å²) in [5.74, 6) is 0.406. The summed E-state index contributed by atoms with van der Waals surface area (Å²) in [7, 11) is 0. The Morgan fingerprint density at radius 3 is 2.48 bits per heavy atom. The summed E-state index contributed by atoms with van der Waals surface area (Å²) in [4.78, 5) is 25.1. The fourth-order valence-electron chi connectivity index (χ4n) is 3.53. The number of thioether (sulfide) groups is 1. The van der Waals surface area contributed by atoms with E-state index in [0.29, 0.717) is 17.5 Å². The summed E-state index contributed by atoms with van der Waals surface area (Å²) in [6.07, 6.45) is 2.62. The van der Waals surface area contributed by atoms with Gasteiger partial charge in [-0.1, -0.05) is 49.0 Å². The minimum absolute atomic E-state index is 0.0776. The first-order valence-electron chi connectivity index (χ1n) is 10.8. The second-order valence-electron chi connectivity index (χ2n) is 7.75. The van der Waals surface area contributed by atoms with Crippen molar-refractivity contribution in [3.63, 3.8) is 0 Å². The van der Waals surface area contributed by atoms with E-state index >= 15 is 0 Å². The summed E-state index contributed by atoms with van der Waals surface area (Å²) in [6, 6.07) is 13.7. The van der Waals surface area contributed by atoms with E-state index in [1.807, 2.05) is 61.7 Å². The highest BCUT2D eigenvalue weighted by molar-refractivity contribution is 7.99. The Hall–Kier alpha value is -3.39. The maximum absolute atomic E-state index is 12.7. The molecule has 3 rings (SSSR count). The number of amides is 2. The quantitative estimate of drug-likeness (QED) is 0.340. The highest BCUT2D eigenvalue weighted by atomic mass is 32.2. The third-order valence-electron chi connectivity index (χ3n) is 4.93. The summed E-state index contributed by atoms with van der Waals surface area (Å²) < 4.78 is 1.81. The highest BCUT2D eigenvalue weighted by Gasteiger charge is 2.17. The fraction of sp³-hybridized carbons (Fsp3) is 0.280. The molecule has 8 heteroatoms. The van der Waals surface area contributed by atoms with Gasteiger partial charge in [-0.3, -0.25) is 9.59 Å². The van der Waals surface area contributed by atoms with Crippen LogP contribution in [0, 0.1) is 13.8 Å². The van der Waals surface area contributed by atoms with Crippen molar-refractivity contribution in [3.8, 4) is 0 Å². The number of carbonyl (C=O) groups is 2. The van der Waals surface area contributed by atoms with E-state index in [0.717, 1.165) is 34.5 Å². The molecular formula is C25H29N5O2S. The van der Waals surface area contributed by atoms with Gasteiger partial charge in [0, 0.05) is 17.9 Å². The molecule has 0 atom stereocenters. The van der Waals surface area contributed by atoms with Gasteiger partial charge in [0.05, 0.1) is 12.2 Å². The molecule has 0 bridgehead atoms. The summed E-state index contributed by atoms with van der Waals surface area (Å²) in [5, 5.41) is 14.9. The number of hydrogen-bond donors (Lipinski definition) is 2. The molecule has 33 heavy (non-hydrogen) atoms. The normalized spacial score (nSPS) is 10.6. The van der Waals surface area contributed by atoms with E-state index in [1.54, 1.807) is 6.08 Å². The van der Waals surface area contributed by atoms with Crippen molar-refractivity contribution in [1.82, 2.24) is 14.8 Å². The van der Waals surface area contributed by atoms with Crippen molar-refractivity contribution in [2.45, 2.75) is 45.3 Å². The van der Waals surface area contributed by atoms with Crippen LogP contribution < -0.4 is 10.6 Å². The van der Waals surface area contributed by atoms with Crippen molar-refractivity contribution in [2.24, 2.45) is 0 Å². The van der Waals surface area contributed by atoms with Crippen molar-refractivity contribution < 1.29 is 9.59 Å². The van der Waals surface area contributed by atoms with Crippen LogP contribution in [0.5, 0.6) is 0 Å². The maximum atomic E-state index is 12.7. The van der Waals surface area contributed by atoms with E-state index in [9.17, 15) is 9.59 Å². The molecule has 0 saturated carbocycles. The largest absolute Gasteiger partial charge is 0.325 e. The lowest BCUT2D eigenvalue weighted by molar-refractivity contribution is -0.116. The molecule has 0 spiro atoms. The molecule has 172 valence electrons. The number of allylic oxidation sites excluding steroid dienone is 1. The van der Waals surface area contributed by atoms with Gasteiger partial charge in [-0.05, 0) is 55.2 Å². The zero-order valence-corrected chi connectivity index (χ0v) is 20.0. The first-order valence-corrected chi connectivity index (χ1v) is 11.8. The van der Waals surface area contributed by atoms with Gasteiger partial charge >= 0.3 is 0 Å². The number of nitrogens with one attached hydrogen (secondary N) is 2. The fourth-order valence-corrected chi connectivity index (χ4v) is 4.30. The Labute approximate surface area is 198 Å². The molecule has 2 amide bonds. The van der Waals surface area contributed by atoms with E-state index in [4.69, 9.17) is 0 Å². The first-order chi connectivity index (χ1) is 15.9. The Morgan fingerprint density at radius 1 is 1.06 bits per heavy atom. The molecule has 0 aliphatic carbocycles. The van der Waals surface area contributed by atoms with Crippen LogP contribution in [0.15, 0.2) is 60.3 Å². The summed E-state index contributed by atoms with van der Waals surface area (Å²) in [5.41, 5.74) is 4.83. The number of para-hydroxylation sites is 1. The third-order valence-corrected chi connectivity index (χ3v) is 5.90. The van der Waals surface area contributed by atoms with E-state index in [2.05, 4.69) is 33.5 Å². The van der Waals surface area contributed by atoms with E-state index in [1.165, 1.54) is 11.8 Å². The van der Waals surface area contributed by atoms with Crippen LogP contribution in [0.3, 0.4) is 0 Å². The Kier molecular flexibility index (Phi) is 8.43. The molecule has 3 aromatic rings. The molecule has 0 radical (unpaired) electrons. The minimum atomic E-state index is -0.169. The van der Waals surface area contributed by atoms with Gasteiger partial charge in [0.15, 0.2) is 5.16 Å². The molecule has 0 unspecified atom stereocenters. The topological polar surface area (TPSA) is 88.9 Å². The van der Waals surface area contributed by atoms with Crippen molar-refractivity contribution in [2.75, 3.05) is 16.4 Å². The molecular weight excluding hydrogens is 434 g/mol. The number of carbonyl (C=O) groups excluding carboxylic acids is 2. The second kappa shape index (κ2) is 11.5. The van der Waals surface area contributed by atoms with Gasteiger partial charge in [-0.25, -0.2) is 0 Å². The van der Waals surface area contributed by atoms with Crippen LogP contribution >= 0.6 is 11.8 Å². The lowest BCUT2D eigenvalue weighted by Gasteiger charge is -2.11. The van der Waals surface area contributed by atoms with Gasteiger partial charge in [0.1, 0.15) is 5.82 Å². The van der Waals surface area contributed by atoms with E-state index < -0.39 is 0 Å². The van der Waals surface area contributed by atoms with Crippen molar-refractivity contribution in [3.05, 3.63) is 77.6 Å². The lowest BCUT2D eigenvalue weighted by Crippen LogP contribution is -2.19. The van der Waals surface area contributed by atoms with Crippen LogP contribution in [0.4, 0.5) is 11.4 Å². The molecule has 2 N–H and O–H groups in total. The minimum Gasteiger partial charge on any atom is -0.325 e. The monoisotopic (exact) mass is 463 g/mol. The van der Waals surface area contributed by atoms with Gasteiger partial charge in [0.25, 0.3) is 0 Å². The number of benzene rings is 2. The molecule has 1 aromatic heterocycles. The smallest absolute Gasteiger partial charge is 0.234 e.